The average Bonchev–Trinajstić information content (AvgIpc) is 2.78. The van der Waals surface area contributed by atoms with E-state index in [1.54, 1.807) is 6.92 Å². The van der Waals surface area contributed by atoms with Gasteiger partial charge in [-0.3, -0.25) is 4.79 Å². The Hall–Kier alpha value is -2.81. The maximum absolute atomic E-state index is 12.6. The molecular formula is C23H24N2O4S2. The maximum atomic E-state index is 12.6. The molecule has 162 valence electrons. The lowest BCUT2D eigenvalue weighted by molar-refractivity contribution is -0.118. The molecule has 31 heavy (non-hydrogen) atoms. The number of hydrogen-bond acceptors (Lipinski definition) is 5. The van der Waals surface area contributed by atoms with E-state index in [0.29, 0.717) is 5.75 Å². The number of ether oxygens (including phenoxy) is 1. The lowest BCUT2D eigenvalue weighted by Crippen LogP contribution is -2.26. The van der Waals surface area contributed by atoms with E-state index in [0.717, 1.165) is 16.1 Å². The van der Waals surface area contributed by atoms with Crippen molar-refractivity contribution in [2.75, 3.05) is 18.2 Å². The minimum Gasteiger partial charge on any atom is -0.484 e. The van der Waals surface area contributed by atoms with Crippen LogP contribution in [0.2, 0.25) is 0 Å². The van der Waals surface area contributed by atoms with Crippen LogP contribution in [0.4, 0.5) is 5.69 Å². The van der Waals surface area contributed by atoms with Crippen LogP contribution >= 0.6 is 11.8 Å². The second kappa shape index (κ2) is 10.5. The maximum Gasteiger partial charge on any atom is 0.262 e. The van der Waals surface area contributed by atoms with E-state index in [2.05, 4.69) is 10.0 Å². The van der Waals surface area contributed by atoms with E-state index in [1.165, 1.54) is 36.0 Å². The van der Waals surface area contributed by atoms with Crippen molar-refractivity contribution in [2.24, 2.45) is 0 Å². The molecule has 0 fully saturated rings. The van der Waals surface area contributed by atoms with Gasteiger partial charge in [-0.15, -0.1) is 11.8 Å². The number of hydrogen-bond donors (Lipinski definition) is 2. The van der Waals surface area contributed by atoms with Crippen molar-refractivity contribution in [3.63, 3.8) is 0 Å². The van der Waals surface area contributed by atoms with E-state index in [1.807, 2.05) is 60.9 Å². The summed E-state index contributed by atoms with van der Waals surface area (Å²) < 4.78 is 33.4. The average molecular weight is 457 g/mol. The van der Waals surface area contributed by atoms with Crippen LogP contribution in [0.1, 0.15) is 18.5 Å². The zero-order valence-corrected chi connectivity index (χ0v) is 18.9. The Labute approximate surface area is 187 Å². The van der Waals surface area contributed by atoms with Crippen LogP contribution in [0, 0.1) is 0 Å². The molecule has 2 N–H and O–H groups in total. The Kier molecular flexibility index (Phi) is 7.73. The van der Waals surface area contributed by atoms with E-state index in [-0.39, 0.29) is 23.5 Å². The predicted octanol–water partition coefficient (Wildman–Crippen LogP) is 4.47. The van der Waals surface area contributed by atoms with Gasteiger partial charge < -0.3 is 10.1 Å². The Morgan fingerprint density at radius 1 is 0.968 bits per heavy atom. The van der Waals surface area contributed by atoms with Gasteiger partial charge >= 0.3 is 0 Å². The van der Waals surface area contributed by atoms with Crippen molar-refractivity contribution in [3.05, 3.63) is 84.4 Å². The normalized spacial score (nSPS) is 12.2. The molecule has 3 rings (SSSR count). The lowest BCUT2D eigenvalue weighted by atomic mass is 10.1. The number of carbonyl (C=O) groups excluding carboxylic acids is 1. The van der Waals surface area contributed by atoms with Crippen molar-refractivity contribution < 1.29 is 17.9 Å². The molecule has 1 amide bonds. The van der Waals surface area contributed by atoms with Gasteiger partial charge in [0.2, 0.25) is 10.0 Å². The van der Waals surface area contributed by atoms with Gasteiger partial charge in [-0.2, -0.15) is 0 Å². The predicted molar refractivity (Wildman–Crippen MR) is 124 cm³/mol. The van der Waals surface area contributed by atoms with Crippen molar-refractivity contribution in [1.29, 1.82) is 0 Å². The zero-order valence-electron chi connectivity index (χ0n) is 17.2. The molecule has 0 aromatic heterocycles. The Balaban J connectivity index is 1.57. The number of carbonyl (C=O) groups is 1. The minimum atomic E-state index is -3.69. The van der Waals surface area contributed by atoms with Crippen LogP contribution < -0.4 is 14.8 Å². The third-order valence-corrected chi connectivity index (χ3v) is 6.87. The van der Waals surface area contributed by atoms with Gasteiger partial charge in [0.15, 0.2) is 6.61 Å². The molecule has 0 saturated carbocycles. The summed E-state index contributed by atoms with van der Waals surface area (Å²) in [6.45, 7) is 1.61. The summed E-state index contributed by atoms with van der Waals surface area (Å²) in [5, 5.41) is 2.81. The fraction of sp³-hybridized carbons (Fsp3) is 0.174. The number of anilines is 1. The van der Waals surface area contributed by atoms with E-state index >= 15 is 0 Å². The Morgan fingerprint density at radius 2 is 1.61 bits per heavy atom. The first-order valence-corrected chi connectivity index (χ1v) is 12.3. The Bertz CT molecular complexity index is 1120. The SMILES string of the molecule is CSc1ccccc1NC(=O)COc1ccc(S(=O)(=O)N[C@@H](C)c2ccccc2)cc1. The van der Waals surface area contributed by atoms with E-state index in [4.69, 9.17) is 4.74 Å². The highest BCUT2D eigenvalue weighted by molar-refractivity contribution is 7.98. The standard InChI is InChI=1S/C23H24N2O4S2/c1-17(18-8-4-3-5-9-18)25-31(27,28)20-14-12-19(13-15-20)29-16-23(26)24-21-10-6-7-11-22(21)30-2/h3-15,17,25H,16H2,1-2H3,(H,24,26)/t17-/m0/s1. The number of para-hydroxylation sites is 1. The molecule has 3 aromatic carbocycles. The summed E-state index contributed by atoms with van der Waals surface area (Å²) >= 11 is 1.54. The second-order valence-corrected chi connectivity index (χ2v) is 9.32. The van der Waals surface area contributed by atoms with Crippen LogP contribution in [0.5, 0.6) is 5.75 Å². The monoisotopic (exact) mass is 456 g/mol. The first-order valence-electron chi connectivity index (χ1n) is 9.62. The highest BCUT2D eigenvalue weighted by Gasteiger charge is 2.18. The van der Waals surface area contributed by atoms with Gasteiger partial charge in [0.05, 0.1) is 10.6 Å². The topological polar surface area (TPSA) is 84.5 Å². The number of sulfonamides is 1. The molecule has 1 atom stereocenters. The van der Waals surface area contributed by atoms with Gasteiger partial charge in [-0.1, -0.05) is 42.5 Å². The summed E-state index contributed by atoms with van der Waals surface area (Å²) in [6, 6.07) is 22.5. The van der Waals surface area contributed by atoms with Gasteiger partial charge in [0, 0.05) is 10.9 Å². The molecule has 0 bridgehead atoms. The highest BCUT2D eigenvalue weighted by Crippen LogP contribution is 2.24. The van der Waals surface area contributed by atoms with E-state index < -0.39 is 10.0 Å². The smallest absolute Gasteiger partial charge is 0.262 e. The number of thioether (sulfide) groups is 1. The van der Waals surface area contributed by atoms with Crippen LogP contribution in [0.15, 0.2) is 88.7 Å². The molecule has 0 unspecified atom stereocenters. The molecule has 0 saturated heterocycles. The molecule has 0 aliphatic carbocycles. The van der Waals surface area contributed by atoms with Crippen LogP contribution in [0.25, 0.3) is 0 Å². The lowest BCUT2D eigenvalue weighted by Gasteiger charge is -2.15. The van der Waals surface area contributed by atoms with E-state index in [9.17, 15) is 13.2 Å². The summed E-state index contributed by atoms with van der Waals surface area (Å²) in [7, 11) is -3.69. The van der Waals surface area contributed by atoms with Crippen LogP contribution in [-0.4, -0.2) is 27.2 Å². The molecule has 8 heteroatoms. The Morgan fingerprint density at radius 3 is 2.29 bits per heavy atom. The summed E-state index contributed by atoms with van der Waals surface area (Å²) in [5.74, 6) is 0.111. The largest absolute Gasteiger partial charge is 0.484 e. The zero-order chi connectivity index (χ0) is 22.3. The minimum absolute atomic E-state index is 0.126. The van der Waals surface area contributed by atoms with Crippen molar-refractivity contribution >= 4 is 33.4 Å². The van der Waals surface area contributed by atoms with Crippen molar-refractivity contribution in [1.82, 2.24) is 4.72 Å². The number of nitrogens with one attached hydrogen (secondary N) is 2. The quantitative estimate of drug-likeness (QED) is 0.464. The van der Waals surface area contributed by atoms with Gasteiger partial charge in [-0.25, -0.2) is 13.1 Å². The summed E-state index contributed by atoms with van der Waals surface area (Å²) in [4.78, 5) is 13.3. The first-order chi connectivity index (χ1) is 14.9. The fourth-order valence-electron chi connectivity index (χ4n) is 2.91. The van der Waals surface area contributed by atoms with Crippen molar-refractivity contribution in [3.8, 4) is 5.75 Å². The molecular weight excluding hydrogens is 432 g/mol. The van der Waals surface area contributed by atoms with Gasteiger partial charge in [0.25, 0.3) is 5.91 Å². The molecule has 3 aromatic rings. The number of benzene rings is 3. The van der Waals surface area contributed by atoms with Crippen molar-refractivity contribution in [2.45, 2.75) is 22.8 Å². The molecule has 6 nitrogen and oxygen atoms in total. The third-order valence-electron chi connectivity index (χ3n) is 4.52. The molecule has 0 spiro atoms. The molecule has 0 aliphatic heterocycles. The molecule has 0 radical (unpaired) electrons. The number of rotatable bonds is 9. The third kappa shape index (κ3) is 6.33. The summed E-state index contributed by atoms with van der Waals surface area (Å²) in [6.07, 6.45) is 1.94. The molecule has 0 heterocycles. The summed E-state index contributed by atoms with van der Waals surface area (Å²) in [5.41, 5.74) is 1.60. The number of amides is 1. The van der Waals surface area contributed by atoms with Gasteiger partial charge in [-0.05, 0) is 55.1 Å². The van der Waals surface area contributed by atoms with Crippen LogP contribution in [0.3, 0.4) is 0 Å². The second-order valence-electron chi connectivity index (χ2n) is 6.76. The van der Waals surface area contributed by atoms with Crippen LogP contribution in [-0.2, 0) is 14.8 Å². The highest BCUT2D eigenvalue weighted by atomic mass is 32.2. The molecule has 0 aliphatic rings. The first kappa shape index (κ1) is 22.9. The van der Waals surface area contributed by atoms with Gasteiger partial charge in [0.1, 0.15) is 5.75 Å². The fourth-order valence-corrected chi connectivity index (χ4v) is 4.69.